The van der Waals surface area contributed by atoms with Gasteiger partial charge in [-0.2, -0.15) is 0 Å². The Morgan fingerprint density at radius 3 is 2.80 bits per heavy atom. The number of ether oxygens (including phenoxy) is 1. The van der Waals surface area contributed by atoms with Crippen LogP contribution in [0.4, 0.5) is 0 Å². The van der Waals surface area contributed by atoms with Crippen molar-refractivity contribution in [1.82, 2.24) is 5.32 Å². The van der Waals surface area contributed by atoms with Gasteiger partial charge in [-0.15, -0.1) is 0 Å². The van der Waals surface area contributed by atoms with E-state index in [0.29, 0.717) is 19.1 Å². The van der Waals surface area contributed by atoms with Crippen LogP contribution in [0.2, 0.25) is 0 Å². The number of halogens is 1. The molecule has 1 aliphatic carbocycles. The lowest BCUT2D eigenvalue weighted by Gasteiger charge is -2.12. The van der Waals surface area contributed by atoms with Gasteiger partial charge in [0.25, 0.3) is 0 Å². The van der Waals surface area contributed by atoms with E-state index in [1.54, 1.807) is 0 Å². The van der Waals surface area contributed by atoms with Gasteiger partial charge >= 0.3 is 0 Å². The van der Waals surface area contributed by atoms with Crippen molar-refractivity contribution in [3.63, 3.8) is 0 Å². The topological polar surface area (TPSA) is 55.4 Å². The van der Waals surface area contributed by atoms with Gasteiger partial charge in [0.05, 0.1) is 12.4 Å². The van der Waals surface area contributed by atoms with Gasteiger partial charge in [-0.05, 0) is 37.5 Å². The molecule has 1 aliphatic rings. The molecule has 1 saturated carbocycles. The van der Waals surface area contributed by atoms with Crippen molar-refractivity contribution in [3.05, 3.63) is 28.2 Å². The minimum absolute atomic E-state index is 0.166. The van der Waals surface area contributed by atoms with Crippen molar-refractivity contribution in [2.75, 3.05) is 18.6 Å². The SMILES string of the molecule is CS(=O)(=O)CCCOc1ccc(Br)cc1CNC1CC1. The van der Waals surface area contributed by atoms with E-state index in [1.807, 2.05) is 18.2 Å². The smallest absolute Gasteiger partial charge is 0.147 e. The first-order valence-corrected chi connectivity index (χ1v) is 9.62. The molecular formula is C14H20BrNO3S. The van der Waals surface area contributed by atoms with E-state index in [0.717, 1.165) is 22.3 Å². The first-order valence-electron chi connectivity index (χ1n) is 6.76. The largest absolute Gasteiger partial charge is 0.493 e. The molecule has 1 aromatic rings. The van der Waals surface area contributed by atoms with E-state index in [4.69, 9.17) is 4.74 Å². The van der Waals surface area contributed by atoms with Crippen LogP contribution >= 0.6 is 15.9 Å². The van der Waals surface area contributed by atoms with Crippen molar-refractivity contribution < 1.29 is 13.2 Å². The predicted molar refractivity (Wildman–Crippen MR) is 83.8 cm³/mol. The Hall–Kier alpha value is -0.590. The third-order valence-electron chi connectivity index (χ3n) is 3.10. The summed E-state index contributed by atoms with van der Waals surface area (Å²) in [6.07, 6.45) is 4.26. The summed E-state index contributed by atoms with van der Waals surface area (Å²) >= 11 is 3.46. The maximum absolute atomic E-state index is 11.1. The molecule has 0 spiro atoms. The van der Waals surface area contributed by atoms with Gasteiger partial charge in [0.15, 0.2) is 0 Å². The van der Waals surface area contributed by atoms with Gasteiger partial charge in [0.2, 0.25) is 0 Å². The molecule has 0 amide bonds. The standard InChI is InChI=1S/C14H20BrNO3S/c1-20(17,18)8-2-7-19-14-6-3-12(15)9-11(14)10-16-13-4-5-13/h3,6,9,13,16H,2,4-5,7-8,10H2,1H3. The minimum atomic E-state index is -2.91. The van der Waals surface area contributed by atoms with Gasteiger partial charge in [-0.1, -0.05) is 15.9 Å². The second-order valence-electron chi connectivity index (χ2n) is 5.24. The van der Waals surface area contributed by atoms with E-state index < -0.39 is 9.84 Å². The zero-order valence-corrected chi connectivity index (χ0v) is 14.0. The summed E-state index contributed by atoms with van der Waals surface area (Å²) in [5, 5.41) is 3.46. The molecule has 20 heavy (non-hydrogen) atoms. The summed E-state index contributed by atoms with van der Waals surface area (Å²) in [6.45, 7) is 1.21. The highest BCUT2D eigenvalue weighted by molar-refractivity contribution is 9.10. The fourth-order valence-electron chi connectivity index (χ4n) is 1.87. The average Bonchev–Trinajstić information content (AvgIpc) is 3.16. The summed E-state index contributed by atoms with van der Waals surface area (Å²) in [5.74, 6) is 0.994. The Morgan fingerprint density at radius 2 is 2.15 bits per heavy atom. The molecule has 0 saturated heterocycles. The van der Waals surface area contributed by atoms with E-state index in [-0.39, 0.29) is 5.75 Å². The van der Waals surface area contributed by atoms with Crippen LogP contribution in [0.3, 0.4) is 0 Å². The van der Waals surface area contributed by atoms with Crippen molar-refractivity contribution >= 4 is 25.8 Å². The fraction of sp³-hybridized carbons (Fsp3) is 0.571. The Balaban J connectivity index is 1.88. The monoisotopic (exact) mass is 361 g/mol. The third-order valence-corrected chi connectivity index (χ3v) is 4.62. The van der Waals surface area contributed by atoms with Gasteiger partial charge in [-0.25, -0.2) is 8.42 Å². The Kier molecular flexibility index (Phi) is 5.46. The first-order chi connectivity index (χ1) is 9.44. The van der Waals surface area contributed by atoms with Crippen LogP contribution < -0.4 is 10.1 Å². The molecule has 0 atom stereocenters. The molecule has 0 unspecified atom stereocenters. The van der Waals surface area contributed by atoms with Gasteiger partial charge in [0.1, 0.15) is 15.6 Å². The summed E-state index contributed by atoms with van der Waals surface area (Å²) < 4.78 is 28.9. The van der Waals surface area contributed by atoms with E-state index in [2.05, 4.69) is 21.2 Å². The van der Waals surface area contributed by atoms with Crippen molar-refractivity contribution in [1.29, 1.82) is 0 Å². The summed E-state index contributed by atoms with van der Waals surface area (Å²) in [4.78, 5) is 0. The highest BCUT2D eigenvalue weighted by atomic mass is 79.9. The molecule has 0 radical (unpaired) electrons. The molecule has 0 aliphatic heterocycles. The maximum Gasteiger partial charge on any atom is 0.147 e. The molecular weight excluding hydrogens is 342 g/mol. The summed E-state index contributed by atoms with van der Waals surface area (Å²) in [7, 11) is -2.91. The number of rotatable bonds is 8. The molecule has 2 rings (SSSR count). The highest BCUT2D eigenvalue weighted by Crippen LogP contribution is 2.25. The van der Waals surface area contributed by atoms with E-state index >= 15 is 0 Å². The number of benzene rings is 1. The normalized spacial score (nSPS) is 15.3. The van der Waals surface area contributed by atoms with Crippen LogP contribution in [0.15, 0.2) is 22.7 Å². The zero-order chi connectivity index (χ0) is 14.6. The number of hydrogen-bond acceptors (Lipinski definition) is 4. The second-order valence-corrected chi connectivity index (χ2v) is 8.41. The minimum Gasteiger partial charge on any atom is -0.493 e. The van der Waals surface area contributed by atoms with Gasteiger partial charge in [-0.3, -0.25) is 0 Å². The Labute approximate surface area is 129 Å². The van der Waals surface area contributed by atoms with Crippen LogP contribution in [-0.2, 0) is 16.4 Å². The predicted octanol–water partition coefficient (Wildman–Crippen LogP) is 2.51. The molecule has 1 N–H and O–H groups in total. The van der Waals surface area contributed by atoms with Crippen LogP contribution in [-0.4, -0.2) is 33.1 Å². The van der Waals surface area contributed by atoms with Crippen LogP contribution in [0, 0.1) is 0 Å². The quantitative estimate of drug-likeness (QED) is 0.722. The van der Waals surface area contributed by atoms with Gasteiger partial charge < -0.3 is 10.1 Å². The van der Waals surface area contributed by atoms with Crippen molar-refractivity contribution in [3.8, 4) is 5.75 Å². The van der Waals surface area contributed by atoms with Crippen molar-refractivity contribution in [2.45, 2.75) is 31.8 Å². The molecule has 1 fully saturated rings. The molecule has 0 bridgehead atoms. The average molecular weight is 362 g/mol. The molecule has 112 valence electrons. The lowest BCUT2D eigenvalue weighted by Crippen LogP contribution is -2.16. The third kappa shape index (κ3) is 5.81. The molecule has 1 aromatic carbocycles. The number of hydrogen-bond donors (Lipinski definition) is 1. The number of sulfone groups is 1. The van der Waals surface area contributed by atoms with Crippen LogP contribution in [0.1, 0.15) is 24.8 Å². The second kappa shape index (κ2) is 6.91. The van der Waals surface area contributed by atoms with E-state index in [9.17, 15) is 8.42 Å². The maximum atomic E-state index is 11.1. The fourth-order valence-corrected chi connectivity index (χ4v) is 2.92. The summed E-state index contributed by atoms with van der Waals surface area (Å²) in [5.41, 5.74) is 1.10. The van der Waals surface area contributed by atoms with E-state index in [1.165, 1.54) is 19.1 Å². The molecule has 0 aromatic heterocycles. The first kappa shape index (κ1) is 15.8. The molecule has 4 nitrogen and oxygen atoms in total. The Bertz CT molecular complexity index is 556. The van der Waals surface area contributed by atoms with Crippen LogP contribution in [0.25, 0.3) is 0 Å². The number of nitrogens with one attached hydrogen (secondary N) is 1. The lowest BCUT2D eigenvalue weighted by atomic mass is 10.2. The summed E-state index contributed by atoms with van der Waals surface area (Å²) in [6, 6.07) is 6.55. The zero-order valence-electron chi connectivity index (χ0n) is 11.6. The Morgan fingerprint density at radius 1 is 1.40 bits per heavy atom. The lowest BCUT2D eigenvalue weighted by molar-refractivity contribution is 0.313. The highest BCUT2D eigenvalue weighted by Gasteiger charge is 2.20. The van der Waals surface area contributed by atoms with Crippen LogP contribution in [0.5, 0.6) is 5.75 Å². The van der Waals surface area contributed by atoms with Gasteiger partial charge in [0, 0.05) is 28.9 Å². The molecule has 0 heterocycles. The molecule has 6 heteroatoms. The van der Waals surface area contributed by atoms with Crippen molar-refractivity contribution in [2.24, 2.45) is 0 Å².